The van der Waals surface area contributed by atoms with Crippen LogP contribution < -0.4 is 10.2 Å². The summed E-state index contributed by atoms with van der Waals surface area (Å²) < 4.78 is 0. The van der Waals surface area contributed by atoms with E-state index >= 15 is 0 Å². The molecular weight excluding hydrogens is 248 g/mol. The van der Waals surface area contributed by atoms with Gasteiger partial charge in [-0.3, -0.25) is 0 Å². The van der Waals surface area contributed by atoms with Crippen LogP contribution in [0.4, 0.5) is 17.5 Å². The van der Waals surface area contributed by atoms with Crippen LogP contribution in [0.5, 0.6) is 0 Å². The van der Waals surface area contributed by atoms with E-state index < -0.39 is 0 Å². The van der Waals surface area contributed by atoms with Crippen molar-refractivity contribution < 1.29 is 0 Å². The summed E-state index contributed by atoms with van der Waals surface area (Å²) in [6, 6.07) is 10.4. The minimum absolute atomic E-state index is 0.701. The van der Waals surface area contributed by atoms with Crippen LogP contribution in [-0.2, 0) is 6.42 Å². The summed E-state index contributed by atoms with van der Waals surface area (Å²) in [5.41, 5.74) is 3.54. The lowest BCUT2D eigenvalue weighted by molar-refractivity contribution is 0.929. The van der Waals surface area contributed by atoms with E-state index in [0.717, 1.165) is 30.4 Å². The SMILES string of the molecule is C=CCNc1cc(C)nc(N2CCc3ccccc32)n1. The van der Waals surface area contributed by atoms with E-state index in [4.69, 9.17) is 0 Å². The molecule has 0 spiro atoms. The summed E-state index contributed by atoms with van der Waals surface area (Å²) in [7, 11) is 0. The molecule has 0 aliphatic carbocycles. The largest absolute Gasteiger partial charge is 0.366 e. The average Bonchev–Trinajstić information content (AvgIpc) is 2.88. The van der Waals surface area contributed by atoms with E-state index in [2.05, 4.69) is 51.0 Å². The van der Waals surface area contributed by atoms with Gasteiger partial charge in [0.15, 0.2) is 0 Å². The Bertz CT molecular complexity index is 636. The number of hydrogen-bond acceptors (Lipinski definition) is 4. The molecule has 2 aromatic rings. The summed E-state index contributed by atoms with van der Waals surface area (Å²) in [5, 5.41) is 3.23. The Morgan fingerprint density at radius 1 is 1.35 bits per heavy atom. The Hall–Kier alpha value is -2.36. The summed E-state index contributed by atoms with van der Waals surface area (Å²) in [6.45, 7) is 7.34. The lowest BCUT2D eigenvalue weighted by Crippen LogP contribution is -2.17. The highest BCUT2D eigenvalue weighted by molar-refractivity contribution is 5.66. The predicted molar refractivity (Wildman–Crippen MR) is 82.6 cm³/mol. The minimum Gasteiger partial charge on any atom is -0.366 e. The fourth-order valence-electron chi connectivity index (χ4n) is 2.49. The van der Waals surface area contributed by atoms with Gasteiger partial charge >= 0.3 is 0 Å². The van der Waals surface area contributed by atoms with Crippen molar-refractivity contribution in [3.63, 3.8) is 0 Å². The van der Waals surface area contributed by atoms with Gasteiger partial charge in [0.2, 0.25) is 5.95 Å². The second-order valence-electron chi connectivity index (χ2n) is 4.89. The van der Waals surface area contributed by atoms with Gasteiger partial charge in [0.05, 0.1) is 0 Å². The molecule has 20 heavy (non-hydrogen) atoms. The Balaban J connectivity index is 1.95. The van der Waals surface area contributed by atoms with Gasteiger partial charge in [0, 0.05) is 30.5 Å². The number of nitrogens with one attached hydrogen (secondary N) is 1. The molecule has 1 aliphatic rings. The number of fused-ring (bicyclic) bond motifs is 1. The van der Waals surface area contributed by atoms with Gasteiger partial charge in [-0.15, -0.1) is 6.58 Å². The molecule has 4 nitrogen and oxygen atoms in total. The lowest BCUT2D eigenvalue weighted by atomic mass is 10.2. The van der Waals surface area contributed by atoms with Crippen molar-refractivity contribution in [2.75, 3.05) is 23.3 Å². The maximum atomic E-state index is 4.61. The number of nitrogens with zero attached hydrogens (tertiary/aromatic N) is 3. The Morgan fingerprint density at radius 2 is 2.20 bits per heavy atom. The molecule has 0 atom stereocenters. The normalized spacial score (nSPS) is 13.2. The van der Waals surface area contributed by atoms with Crippen molar-refractivity contribution in [1.29, 1.82) is 0 Å². The van der Waals surface area contributed by atoms with E-state index in [9.17, 15) is 0 Å². The number of benzene rings is 1. The van der Waals surface area contributed by atoms with E-state index in [-0.39, 0.29) is 0 Å². The van der Waals surface area contributed by atoms with Crippen LogP contribution in [0.2, 0.25) is 0 Å². The number of anilines is 3. The molecule has 2 heterocycles. The van der Waals surface area contributed by atoms with Crippen LogP contribution >= 0.6 is 0 Å². The van der Waals surface area contributed by atoms with Crippen LogP contribution in [0.25, 0.3) is 0 Å². The van der Waals surface area contributed by atoms with Crippen molar-refractivity contribution in [2.45, 2.75) is 13.3 Å². The van der Waals surface area contributed by atoms with E-state index in [1.165, 1.54) is 11.3 Å². The van der Waals surface area contributed by atoms with Gasteiger partial charge in [0.25, 0.3) is 0 Å². The predicted octanol–water partition coefficient (Wildman–Crippen LogP) is 3.08. The Morgan fingerprint density at radius 3 is 3.05 bits per heavy atom. The van der Waals surface area contributed by atoms with Crippen LogP contribution in [0, 0.1) is 6.92 Å². The van der Waals surface area contributed by atoms with Crippen molar-refractivity contribution in [3.05, 3.63) is 54.2 Å². The molecule has 0 unspecified atom stereocenters. The smallest absolute Gasteiger partial charge is 0.232 e. The second-order valence-corrected chi connectivity index (χ2v) is 4.89. The van der Waals surface area contributed by atoms with E-state index in [1.807, 2.05) is 19.1 Å². The Kier molecular flexibility index (Phi) is 3.37. The zero-order chi connectivity index (χ0) is 13.9. The third kappa shape index (κ3) is 2.37. The molecule has 1 aromatic carbocycles. The lowest BCUT2D eigenvalue weighted by Gasteiger charge is -2.18. The van der Waals surface area contributed by atoms with E-state index in [1.54, 1.807) is 0 Å². The van der Waals surface area contributed by atoms with Crippen molar-refractivity contribution >= 4 is 17.5 Å². The molecular formula is C16H18N4. The second kappa shape index (κ2) is 5.33. The molecule has 1 N–H and O–H groups in total. The van der Waals surface area contributed by atoms with Crippen LogP contribution in [0.3, 0.4) is 0 Å². The van der Waals surface area contributed by atoms with Crippen molar-refractivity contribution in [3.8, 4) is 0 Å². The van der Waals surface area contributed by atoms with Crippen LogP contribution in [0.1, 0.15) is 11.3 Å². The van der Waals surface area contributed by atoms with E-state index in [0.29, 0.717) is 6.54 Å². The van der Waals surface area contributed by atoms with Gasteiger partial charge in [-0.2, -0.15) is 4.98 Å². The highest BCUT2D eigenvalue weighted by atomic mass is 15.3. The molecule has 0 radical (unpaired) electrons. The molecule has 0 saturated heterocycles. The van der Waals surface area contributed by atoms with Crippen LogP contribution in [-0.4, -0.2) is 23.1 Å². The molecule has 0 amide bonds. The first kappa shape index (κ1) is 12.7. The summed E-state index contributed by atoms with van der Waals surface area (Å²) in [6.07, 6.45) is 2.87. The third-order valence-electron chi connectivity index (χ3n) is 3.40. The van der Waals surface area contributed by atoms with Gasteiger partial charge in [-0.1, -0.05) is 24.3 Å². The number of hydrogen-bond donors (Lipinski definition) is 1. The van der Waals surface area contributed by atoms with Crippen LogP contribution in [0.15, 0.2) is 43.0 Å². The molecule has 1 aliphatic heterocycles. The monoisotopic (exact) mass is 266 g/mol. The first-order chi connectivity index (χ1) is 9.78. The maximum Gasteiger partial charge on any atom is 0.232 e. The molecule has 0 saturated carbocycles. The molecule has 0 bridgehead atoms. The third-order valence-corrected chi connectivity index (χ3v) is 3.40. The maximum absolute atomic E-state index is 4.61. The molecule has 102 valence electrons. The summed E-state index contributed by atoms with van der Waals surface area (Å²) in [5.74, 6) is 1.61. The molecule has 4 heteroatoms. The summed E-state index contributed by atoms with van der Waals surface area (Å²) >= 11 is 0. The highest BCUT2D eigenvalue weighted by Crippen LogP contribution is 2.32. The van der Waals surface area contributed by atoms with Gasteiger partial charge in [0.1, 0.15) is 5.82 Å². The molecule has 1 aromatic heterocycles. The summed E-state index contributed by atoms with van der Waals surface area (Å²) in [4.78, 5) is 11.4. The standard InChI is InChI=1S/C16H18N4/c1-3-9-17-15-11-12(2)18-16(19-15)20-10-8-13-6-4-5-7-14(13)20/h3-7,11H,1,8-10H2,2H3,(H,17,18,19). The average molecular weight is 266 g/mol. The van der Waals surface area contributed by atoms with Gasteiger partial charge in [-0.25, -0.2) is 4.98 Å². The zero-order valence-corrected chi connectivity index (χ0v) is 11.6. The fourth-order valence-corrected chi connectivity index (χ4v) is 2.49. The number of rotatable bonds is 4. The first-order valence-corrected chi connectivity index (χ1v) is 6.84. The zero-order valence-electron chi connectivity index (χ0n) is 11.6. The Labute approximate surface area is 119 Å². The van der Waals surface area contributed by atoms with Gasteiger partial charge in [-0.05, 0) is 25.0 Å². The van der Waals surface area contributed by atoms with Gasteiger partial charge < -0.3 is 10.2 Å². The number of para-hydroxylation sites is 1. The van der Waals surface area contributed by atoms with Crippen molar-refractivity contribution in [2.24, 2.45) is 0 Å². The number of aryl methyl sites for hydroxylation is 1. The fraction of sp³-hybridized carbons (Fsp3) is 0.250. The molecule has 0 fully saturated rings. The first-order valence-electron chi connectivity index (χ1n) is 6.84. The number of aromatic nitrogens is 2. The molecule has 3 rings (SSSR count). The minimum atomic E-state index is 0.701. The highest BCUT2D eigenvalue weighted by Gasteiger charge is 2.22. The topological polar surface area (TPSA) is 41.1 Å². The van der Waals surface area contributed by atoms with Crippen molar-refractivity contribution in [1.82, 2.24) is 9.97 Å². The quantitative estimate of drug-likeness (QED) is 0.863.